The predicted octanol–water partition coefficient (Wildman–Crippen LogP) is 2.49. The summed E-state index contributed by atoms with van der Waals surface area (Å²) in [4.78, 5) is 33.1. The molecule has 0 atom stereocenters. The number of benzene rings is 2. The fourth-order valence-electron chi connectivity index (χ4n) is 2.14. The van der Waals surface area contributed by atoms with Crippen LogP contribution in [0.1, 0.15) is 21.5 Å². The Morgan fingerprint density at radius 2 is 1.83 bits per heavy atom. The minimum atomic E-state index is -1.30. The zero-order valence-electron chi connectivity index (χ0n) is 12.6. The van der Waals surface area contributed by atoms with Gasteiger partial charge in [0.2, 0.25) is 5.91 Å². The number of aromatic hydroxyl groups is 1. The highest BCUT2D eigenvalue weighted by Crippen LogP contribution is 2.26. The molecular weight excluding hydrogens is 316 g/mol. The lowest BCUT2D eigenvalue weighted by Gasteiger charge is -2.10. The van der Waals surface area contributed by atoms with Gasteiger partial charge in [0.15, 0.2) is 0 Å². The molecule has 0 spiro atoms. The van der Waals surface area contributed by atoms with Gasteiger partial charge in [-0.1, -0.05) is 12.1 Å². The minimum Gasteiger partial charge on any atom is -0.507 e. The van der Waals surface area contributed by atoms with E-state index in [0.717, 1.165) is 0 Å². The molecule has 0 unspecified atom stereocenters. The molecule has 0 aromatic heterocycles. The molecule has 2 rings (SSSR count). The fraction of sp³-hybridized carbons (Fsp3) is 0.125. The topological polar surface area (TPSA) is 130 Å². The lowest BCUT2D eigenvalue weighted by molar-refractivity contribution is -0.384. The zero-order valence-corrected chi connectivity index (χ0v) is 12.6. The van der Waals surface area contributed by atoms with Gasteiger partial charge in [0.05, 0.1) is 11.3 Å². The summed E-state index contributed by atoms with van der Waals surface area (Å²) in [6.45, 7) is 1.52. The number of nitrogens with zero attached hydrogens (tertiary/aromatic N) is 1. The van der Waals surface area contributed by atoms with Crippen LogP contribution in [0.15, 0.2) is 36.4 Å². The second kappa shape index (κ2) is 6.78. The molecule has 0 radical (unpaired) electrons. The van der Waals surface area contributed by atoms with Crippen LogP contribution < -0.4 is 5.32 Å². The van der Waals surface area contributed by atoms with Crippen molar-refractivity contribution in [2.45, 2.75) is 13.3 Å². The maximum Gasteiger partial charge on any atom is 0.339 e. The Balaban J connectivity index is 2.12. The molecule has 1 amide bonds. The number of carboxylic acids is 1. The molecule has 24 heavy (non-hydrogen) atoms. The summed E-state index contributed by atoms with van der Waals surface area (Å²) in [5.74, 6) is -2.07. The highest BCUT2D eigenvalue weighted by Gasteiger charge is 2.15. The maximum absolute atomic E-state index is 12.0. The van der Waals surface area contributed by atoms with Crippen LogP contribution in [0, 0.1) is 17.0 Å². The summed E-state index contributed by atoms with van der Waals surface area (Å²) < 4.78 is 0. The van der Waals surface area contributed by atoms with Gasteiger partial charge in [-0.3, -0.25) is 14.9 Å². The van der Waals surface area contributed by atoms with Crippen molar-refractivity contribution in [3.05, 3.63) is 63.2 Å². The van der Waals surface area contributed by atoms with Crippen LogP contribution in [0.4, 0.5) is 11.4 Å². The number of hydrogen-bond acceptors (Lipinski definition) is 5. The van der Waals surface area contributed by atoms with Crippen molar-refractivity contribution in [2.75, 3.05) is 5.32 Å². The first-order valence-corrected chi connectivity index (χ1v) is 6.88. The van der Waals surface area contributed by atoms with Crippen molar-refractivity contribution in [1.29, 1.82) is 0 Å². The summed E-state index contributed by atoms with van der Waals surface area (Å²) in [5, 5.41) is 31.8. The van der Waals surface area contributed by atoms with Crippen molar-refractivity contribution in [3.8, 4) is 5.75 Å². The third kappa shape index (κ3) is 3.86. The van der Waals surface area contributed by atoms with Crippen LogP contribution in [0.2, 0.25) is 0 Å². The van der Waals surface area contributed by atoms with Gasteiger partial charge in [0.1, 0.15) is 11.3 Å². The Morgan fingerprint density at radius 1 is 1.21 bits per heavy atom. The van der Waals surface area contributed by atoms with E-state index in [9.17, 15) is 24.8 Å². The van der Waals surface area contributed by atoms with E-state index in [0.29, 0.717) is 11.1 Å². The van der Waals surface area contributed by atoms with Crippen molar-refractivity contribution in [3.63, 3.8) is 0 Å². The molecule has 0 saturated carbocycles. The number of carbonyl (C=O) groups is 2. The maximum atomic E-state index is 12.0. The molecule has 0 fully saturated rings. The Morgan fingerprint density at radius 3 is 2.38 bits per heavy atom. The first-order chi connectivity index (χ1) is 11.3. The van der Waals surface area contributed by atoms with Gasteiger partial charge in [0, 0.05) is 17.8 Å². The van der Waals surface area contributed by atoms with Gasteiger partial charge in [-0.05, 0) is 30.2 Å². The summed E-state index contributed by atoms with van der Waals surface area (Å²) >= 11 is 0. The van der Waals surface area contributed by atoms with E-state index in [1.165, 1.54) is 43.3 Å². The molecule has 0 heterocycles. The lowest BCUT2D eigenvalue weighted by Crippen LogP contribution is -2.15. The van der Waals surface area contributed by atoms with E-state index in [1.54, 1.807) is 0 Å². The van der Waals surface area contributed by atoms with Crippen molar-refractivity contribution >= 4 is 23.3 Å². The highest BCUT2D eigenvalue weighted by atomic mass is 16.6. The minimum absolute atomic E-state index is 0.0275. The monoisotopic (exact) mass is 330 g/mol. The number of hydrogen-bond donors (Lipinski definition) is 3. The van der Waals surface area contributed by atoms with Gasteiger partial charge >= 0.3 is 5.97 Å². The number of non-ortho nitro benzene ring substituents is 1. The van der Waals surface area contributed by atoms with E-state index < -0.39 is 16.8 Å². The van der Waals surface area contributed by atoms with Gasteiger partial charge in [-0.2, -0.15) is 0 Å². The number of carbonyl (C=O) groups excluding carboxylic acids is 1. The second-order valence-corrected chi connectivity index (χ2v) is 5.14. The van der Waals surface area contributed by atoms with E-state index >= 15 is 0 Å². The molecule has 2 aromatic carbocycles. The molecular formula is C16H14N2O6. The number of rotatable bonds is 5. The molecule has 8 nitrogen and oxygen atoms in total. The van der Waals surface area contributed by atoms with Gasteiger partial charge in [0.25, 0.3) is 5.69 Å². The molecule has 2 aromatic rings. The summed E-state index contributed by atoms with van der Waals surface area (Å²) in [6, 6.07) is 8.17. The Bertz CT molecular complexity index is 814. The highest BCUT2D eigenvalue weighted by molar-refractivity contribution is 5.96. The second-order valence-electron chi connectivity index (χ2n) is 5.14. The molecule has 0 aliphatic heterocycles. The Hall–Kier alpha value is -3.42. The van der Waals surface area contributed by atoms with Gasteiger partial charge in [-0.25, -0.2) is 4.79 Å². The van der Waals surface area contributed by atoms with E-state index in [-0.39, 0.29) is 29.1 Å². The molecule has 124 valence electrons. The third-order valence-electron chi connectivity index (χ3n) is 3.33. The number of aryl methyl sites for hydroxylation is 1. The Kier molecular flexibility index (Phi) is 4.78. The van der Waals surface area contributed by atoms with Crippen LogP contribution in [-0.4, -0.2) is 27.0 Å². The number of nitro groups is 1. The SMILES string of the molecule is Cc1cc(NC(=O)Cc2ccc([N+](=O)[O-])cc2)cc(C(=O)O)c1O. The van der Waals surface area contributed by atoms with E-state index in [1.807, 2.05) is 0 Å². The van der Waals surface area contributed by atoms with Crippen LogP contribution in [0.3, 0.4) is 0 Å². The molecule has 0 aliphatic carbocycles. The van der Waals surface area contributed by atoms with Gasteiger partial charge < -0.3 is 15.5 Å². The number of nitrogens with one attached hydrogen (secondary N) is 1. The average molecular weight is 330 g/mol. The van der Waals surface area contributed by atoms with Crippen LogP contribution in [0.25, 0.3) is 0 Å². The standard InChI is InChI=1S/C16H14N2O6/c1-9-6-11(8-13(15(9)20)16(21)22)17-14(19)7-10-2-4-12(5-3-10)18(23)24/h2-6,8,20H,7H2,1H3,(H,17,19)(H,21,22). The zero-order chi connectivity index (χ0) is 17.9. The molecule has 0 bridgehead atoms. The summed E-state index contributed by atoms with van der Waals surface area (Å²) in [6.07, 6.45) is -0.0275. The first-order valence-electron chi connectivity index (χ1n) is 6.88. The lowest BCUT2D eigenvalue weighted by atomic mass is 10.1. The fourth-order valence-corrected chi connectivity index (χ4v) is 2.14. The number of carboxylic acid groups (broad SMARTS) is 1. The molecule has 0 aliphatic rings. The number of aromatic carboxylic acids is 1. The number of nitro benzene ring substituents is 1. The predicted molar refractivity (Wildman–Crippen MR) is 85.2 cm³/mol. The molecule has 8 heteroatoms. The Labute approximate surface area is 136 Å². The quantitative estimate of drug-likeness (QED) is 0.439. The van der Waals surface area contributed by atoms with Crippen LogP contribution in [-0.2, 0) is 11.2 Å². The van der Waals surface area contributed by atoms with Crippen molar-refractivity contribution in [2.24, 2.45) is 0 Å². The first kappa shape index (κ1) is 16.9. The van der Waals surface area contributed by atoms with Crippen molar-refractivity contribution in [1.82, 2.24) is 0 Å². The van der Waals surface area contributed by atoms with Crippen LogP contribution in [0.5, 0.6) is 5.75 Å². The third-order valence-corrected chi connectivity index (χ3v) is 3.33. The smallest absolute Gasteiger partial charge is 0.339 e. The van der Waals surface area contributed by atoms with Crippen molar-refractivity contribution < 1.29 is 24.7 Å². The largest absolute Gasteiger partial charge is 0.507 e. The number of amides is 1. The van der Waals surface area contributed by atoms with E-state index in [2.05, 4.69) is 5.32 Å². The van der Waals surface area contributed by atoms with E-state index in [4.69, 9.17) is 5.11 Å². The van der Waals surface area contributed by atoms with Crippen LogP contribution >= 0.6 is 0 Å². The number of phenols is 1. The van der Waals surface area contributed by atoms with Gasteiger partial charge in [-0.15, -0.1) is 0 Å². The number of anilines is 1. The summed E-state index contributed by atoms with van der Waals surface area (Å²) in [5.41, 5.74) is 0.766. The summed E-state index contributed by atoms with van der Waals surface area (Å²) in [7, 11) is 0. The molecule has 3 N–H and O–H groups in total. The molecule has 0 saturated heterocycles. The normalized spacial score (nSPS) is 10.2. The average Bonchev–Trinajstić information content (AvgIpc) is 2.50.